The van der Waals surface area contributed by atoms with Crippen molar-refractivity contribution in [2.75, 3.05) is 13.9 Å². The van der Waals surface area contributed by atoms with E-state index < -0.39 is 20.5 Å². The minimum absolute atomic E-state index is 0.00580. The Balaban J connectivity index is 2.01. The third kappa shape index (κ3) is 3.88. The molecule has 2 N–H and O–H groups in total. The number of hydrogen-bond acceptors (Lipinski definition) is 7. The maximum absolute atomic E-state index is 12.4. The van der Waals surface area contributed by atoms with Gasteiger partial charge in [0.25, 0.3) is 0 Å². The molecule has 0 bridgehead atoms. The van der Waals surface area contributed by atoms with Crippen LogP contribution in [0.1, 0.15) is 0 Å². The maximum Gasteiger partial charge on any atom is 0.319 e. The summed E-state index contributed by atoms with van der Waals surface area (Å²) in [7, 11) is -1.58. The van der Waals surface area contributed by atoms with Gasteiger partial charge in [-0.05, 0) is 24.3 Å². The second-order valence-electron chi connectivity index (χ2n) is 5.19. The average molecular weight is 378 g/mol. The van der Waals surface area contributed by atoms with Gasteiger partial charge in [-0.25, -0.2) is 0 Å². The summed E-state index contributed by atoms with van der Waals surface area (Å²) < 4.78 is 30.9. The first-order valence-electron chi connectivity index (χ1n) is 7.42. The Labute approximate surface area is 148 Å². The van der Waals surface area contributed by atoms with Crippen LogP contribution in [0.25, 0.3) is 22.3 Å². The van der Waals surface area contributed by atoms with E-state index in [0.717, 1.165) is 0 Å². The molecule has 0 amide bonds. The van der Waals surface area contributed by atoms with Crippen molar-refractivity contribution in [1.29, 1.82) is 0 Å². The predicted octanol–water partition coefficient (Wildman–Crippen LogP) is 2.91. The molecular weight excluding hydrogens is 363 g/mol. The van der Waals surface area contributed by atoms with Crippen LogP contribution in [0.2, 0.25) is 0 Å². The zero-order chi connectivity index (χ0) is 18.7. The standard InChI is InChI=1S/C17H15O8P/c1-22-11-4-2-10(3-5-11)15-8-14(19)17-13(18)6-12(7-16(17)25-15)23-9-24-26(20)21/h2-8,18,26H,9H2,1H3,(H,20,21). The van der Waals surface area contributed by atoms with Gasteiger partial charge in [-0.1, -0.05) is 0 Å². The highest BCUT2D eigenvalue weighted by Crippen LogP contribution is 2.31. The fourth-order valence-corrected chi connectivity index (χ4v) is 2.53. The van der Waals surface area contributed by atoms with Crippen LogP contribution in [0.5, 0.6) is 17.2 Å². The first-order chi connectivity index (χ1) is 12.5. The molecule has 1 unspecified atom stereocenters. The van der Waals surface area contributed by atoms with Gasteiger partial charge in [-0.3, -0.25) is 13.9 Å². The molecule has 0 aliphatic carbocycles. The van der Waals surface area contributed by atoms with E-state index in [1.165, 1.54) is 18.2 Å². The first kappa shape index (κ1) is 18.0. The molecule has 0 aliphatic rings. The maximum atomic E-state index is 12.4. The minimum Gasteiger partial charge on any atom is -0.507 e. The molecule has 8 nitrogen and oxygen atoms in total. The molecule has 9 heteroatoms. The largest absolute Gasteiger partial charge is 0.507 e. The van der Waals surface area contributed by atoms with Gasteiger partial charge >= 0.3 is 8.25 Å². The summed E-state index contributed by atoms with van der Waals surface area (Å²) in [5.41, 5.74) is 0.338. The zero-order valence-electron chi connectivity index (χ0n) is 13.6. The van der Waals surface area contributed by atoms with Crippen molar-refractivity contribution in [3.8, 4) is 28.6 Å². The quantitative estimate of drug-likeness (QED) is 0.497. The van der Waals surface area contributed by atoms with Gasteiger partial charge in [0.2, 0.25) is 0 Å². The smallest absolute Gasteiger partial charge is 0.319 e. The summed E-state index contributed by atoms with van der Waals surface area (Å²) in [4.78, 5) is 21.0. The van der Waals surface area contributed by atoms with Gasteiger partial charge in [-0.2, -0.15) is 0 Å². The van der Waals surface area contributed by atoms with Crippen molar-refractivity contribution in [3.05, 3.63) is 52.7 Å². The van der Waals surface area contributed by atoms with Crippen molar-refractivity contribution in [2.45, 2.75) is 0 Å². The Morgan fingerprint density at radius 1 is 1.12 bits per heavy atom. The number of ether oxygens (including phenoxy) is 2. The fourth-order valence-electron chi connectivity index (χ4n) is 2.37. The molecule has 1 heterocycles. The van der Waals surface area contributed by atoms with E-state index in [0.29, 0.717) is 17.1 Å². The fraction of sp³-hybridized carbons (Fsp3) is 0.118. The van der Waals surface area contributed by atoms with Gasteiger partial charge in [0.15, 0.2) is 12.2 Å². The monoisotopic (exact) mass is 378 g/mol. The second-order valence-corrected chi connectivity index (χ2v) is 6.01. The van der Waals surface area contributed by atoms with Crippen LogP contribution in [-0.2, 0) is 9.09 Å². The number of hydrogen-bond donors (Lipinski definition) is 2. The van der Waals surface area contributed by atoms with E-state index >= 15 is 0 Å². The average Bonchev–Trinajstić information content (AvgIpc) is 2.60. The summed E-state index contributed by atoms with van der Waals surface area (Å²) in [6, 6.07) is 10.8. The lowest BCUT2D eigenvalue weighted by Gasteiger charge is -2.09. The predicted molar refractivity (Wildman–Crippen MR) is 93.9 cm³/mol. The van der Waals surface area contributed by atoms with E-state index in [-0.39, 0.29) is 22.5 Å². The molecule has 3 aromatic rings. The molecule has 3 rings (SSSR count). The van der Waals surface area contributed by atoms with Crippen molar-refractivity contribution in [3.63, 3.8) is 0 Å². The number of phenolic OH excluding ortho intramolecular Hbond substituents is 1. The van der Waals surface area contributed by atoms with E-state index in [1.807, 2.05) is 0 Å². The highest BCUT2D eigenvalue weighted by Gasteiger charge is 2.13. The van der Waals surface area contributed by atoms with E-state index in [9.17, 15) is 14.5 Å². The van der Waals surface area contributed by atoms with Gasteiger partial charge in [-0.15, -0.1) is 0 Å². The molecule has 1 atom stereocenters. The summed E-state index contributed by atoms with van der Waals surface area (Å²) in [6.07, 6.45) is 0. The summed E-state index contributed by atoms with van der Waals surface area (Å²) in [5, 5.41) is 10.1. The Morgan fingerprint density at radius 3 is 2.50 bits per heavy atom. The van der Waals surface area contributed by atoms with Crippen LogP contribution in [0, 0.1) is 0 Å². The Morgan fingerprint density at radius 2 is 1.85 bits per heavy atom. The van der Waals surface area contributed by atoms with Gasteiger partial charge < -0.3 is 23.9 Å². The second kappa shape index (κ2) is 7.61. The number of fused-ring (bicyclic) bond motifs is 1. The lowest BCUT2D eigenvalue weighted by atomic mass is 10.1. The number of phenols is 1. The normalized spacial score (nSPS) is 12.1. The zero-order valence-corrected chi connectivity index (χ0v) is 14.6. The SMILES string of the molecule is COc1ccc(-c2cc(=O)c3c(O)cc(OCO[PH](=O)O)cc3o2)cc1. The third-order valence-corrected chi connectivity index (χ3v) is 3.93. The number of aromatic hydroxyl groups is 1. The van der Waals surface area contributed by atoms with Crippen molar-refractivity contribution >= 4 is 19.2 Å². The number of methoxy groups -OCH3 is 1. The van der Waals surface area contributed by atoms with Crippen LogP contribution < -0.4 is 14.9 Å². The van der Waals surface area contributed by atoms with Crippen LogP contribution in [0.15, 0.2) is 51.7 Å². The molecule has 0 saturated heterocycles. The van der Waals surface area contributed by atoms with Crippen LogP contribution >= 0.6 is 8.25 Å². The Bertz CT molecular complexity index is 1010. The molecule has 0 radical (unpaired) electrons. The number of rotatable bonds is 6. The highest BCUT2D eigenvalue weighted by atomic mass is 31.1. The molecule has 0 spiro atoms. The van der Waals surface area contributed by atoms with Crippen LogP contribution in [-0.4, -0.2) is 23.9 Å². The van der Waals surface area contributed by atoms with Crippen molar-refractivity contribution in [2.24, 2.45) is 0 Å². The van der Waals surface area contributed by atoms with E-state index in [2.05, 4.69) is 4.52 Å². The molecule has 0 fully saturated rings. The Kier molecular flexibility index (Phi) is 5.27. The molecule has 26 heavy (non-hydrogen) atoms. The van der Waals surface area contributed by atoms with Gasteiger partial charge in [0.1, 0.15) is 34.0 Å². The summed E-state index contributed by atoms with van der Waals surface area (Å²) in [6.45, 7) is -0.484. The van der Waals surface area contributed by atoms with Gasteiger partial charge in [0, 0.05) is 23.8 Å². The van der Waals surface area contributed by atoms with Gasteiger partial charge in [0.05, 0.1) is 7.11 Å². The Hall–Kier alpha value is -2.80. The van der Waals surface area contributed by atoms with E-state index in [1.54, 1.807) is 31.4 Å². The lowest BCUT2D eigenvalue weighted by Crippen LogP contribution is -2.02. The minimum atomic E-state index is -3.13. The summed E-state index contributed by atoms with van der Waals surface area (Å²) in [5.74, 6) is 0.754. The molecule has 0 saturated carbocycles. The number of benzene rings is 2. The highest BCUT2D eigenvalue weighted by molar-refractivity contribution is 7.32. The topological polar surface area (TPSA) is 115 Å². The summed E-state index contributed by atoms with van der Waals surface area (Å²) >= 11 is 0. The third-order valence-electron chi connectivity index (χ3n) is 3.57. The van der Waals surface area contributed by atoms with Crippen LogP contribution in [0.3, 0.4) is 0 Å². The molecule has 136 valence electrons. The van der Waals surface area contributed by atoms with Crippen LogP contribution in [0.4, 0.5) is 0 Å². The molecular formula is C17H15O8P. The molecule has 1 aromatic heterocycles. The first-order valence-corrected chi connectivity index (χ1v) is 8.68. The van der Waals surface area contributed by atoms with Crippen molar-refractivity contribution in [1.82, 2.24) is 0 Å². The van der Waals surface area contributed by atoms with Crippen molar-refractivity contribution < 1.29 is 33.0 Å². The lowest BCUT2D eigenvalue weighted by molar-refractivity contribution is 0.115. The molecule has 0 aliphatic heterocycles. The van der Waals surface area contributed by atoms with E-state index in [4.69, 9.17) is 18.8 Å². The molecule has 2 aromatic carbocycles.